The zero-order chi connectivity index (χ0) is 10.7. The molecule has 0 saturated carbocycles. The molecule has 1 aliphatic carbocycles. The Labute approximate surface area is 93.7 Å². The van der Waals surface area contributed by atoms with Gasteiger partial charge in [0, 0.05) is 9.80 Å². The Morgan fingerprint density at radius 3 is 2.47 bits per heavy atom. The predicted octanol–water partition coefficient (Wildman–Crippen LogP) is 3.56. The Morgan fingerprint density at radius 2 is 1.87 bits per heavy atom. The summed E-state index contributed by atoms with van der Waals surface area (Å²) in [5.74, 6) is 0. The Kier molecular flexibility index (Phi) is 3.37. The number of aryl methyl sites for hydroxylation is 1. The van der Waals surface area contributed by atoms with Gasteiger partial charge in [-0.25, -0.2) is 4.21 Å². The third kappa shape index (κ3) is 2.57. The van der Waals surface area contributed by atoms with Gasteiger partial charge in [-0.05, 0) is 44.7 Å². The predicted molar refractivity (Wildman–Crippen MR) is 64.1 cm³/mol. The second-order valence-corrected chi connectivity index (χ2v) is 5.53. The SMILES string of the molecule is Cc1ccc([S@](=O)C2=CCCCC2)cc1. The lowest BCUT2D eigenvalue weighted by Crippen LogP contribution is -2.00. The van der Waals surface area contributed by atoms with Crippen LogP contribution in [0.25, 0.3) is 0 Å². The number of hydrogen-bond donors (Lipinski definition) is 0. The maximum Gasteiger partial charge on any atom is 0.0805 e. The Hall–Kier alpha value is -0.890. The van der Waals surface area contributed by atoms with Crippen molar-refractivity contribution in [1.82, 2.24) is 0 Å². The summed E-state index contributed by atoms with van der Waals surface area (Å²) in [6.45, 7) is 2.05. The van der Waals surface area contributed by atoms with Crippen LogP contribution < -0.4 is 0 Å². The lowest BCUT2D eigenvalue weighted by molar-refractivity contribution is 0.675. The van der Waals surface area contributed by atoms with Gasteiger partial charge in [0.15, 0.2) is 0 Å². The summed E-state index contributed by atoms with van der Waals surface area (Å²) < 4.78 is 12.2. The first-order valence-electron chi connectivity index (χ1n) is 5.45. The van der Waals surface area contributed by atoms with Gasteiger partial charge >= 0.3 is 0 Å². The standard InChI is InChI=1S/C13H16OS/c1-11-7-9-13(10-8-11)15(14)12-5-3-2-4-6-12/h5,7-10H,2-4,6H2,1H3/t15-/m1/s1. The molecule has 1 aromatic rings. The molecule has 0 aliphatic heterocycles. The van der Waals surface area contributed by atoms with Crippen LogP contribution in [0.5, 0.6) is 0 Å². The molecule has 0 heterocycles. The van der Waals surface area contributed by atoms with Gasteiger partial charge in [-0.3, -0.25) is 0 Å². The van der Waals surface area contributed by atoms with Gasteiger partial charge in [-0.1, -0.05) is 23.8 Å². The highest BCUT2D eigenvalue weighted by molar-refractivity contribution is 7.89. The van der Waals surface area contributed by atoms with Crippen LogP contribution in [0.1, 0.15) is 31.2 Å². The quantitative estimate of drug-likeness (QED) is 0.744. The summed E-state index contributed by atoms with van der Waals surface area (Å²) in [4.78, 5) is 2.05. The molecule has 2 heteroatoms. The van der Waals surface area contributed by atoms with Gasteiger partial charge < -0.3 is 0 Å². The monoisotopic (exact) mass is 220 g/mol. The number of benzene rings is 1. The second kappa shape index (κ2) is 4.75. The lowest BCUT2D eigenvalue weighted by atomic mass is 10.1. The Bertz CT molecular complexity index is 390. The molecule has 0 amide bonds. The summed E-state index contributed by atoms with van der Waals surface area (Å²) in [6, 6.07) is 8.00. The van der Waals surface area contributed by atoms with Crippen LogP contribution in [0.2, 0.25) is 0 Å². The molecule has 2 rings (SSSR count). The van der Waals surface area contributed by atoms with Crippen molar-refractivity contribution in [2.75, 3.05) is 0 Å². The Balaban J connectivity index is 2.20. The molecular weight excluding hydrogens is 204 g/mol. The van der Waals surface area contributed by atoms with Crippen molar-refractivity contribution in [1.29, 1.82) is 0 Å². The fraction of sp³-hybridized carbons (Fsp3) is 0.385. The minimum Gasteiger partial charge on any atom is -0.249 e. The van der Waals surface area contributed by atoms with Crippen molar-refractivity contribution >= 4 is 10.8 Å². The minimum absolute atomic E-state index is 0.917. The van der Waals surface area contributed by atoms with Gasteiger partial charge in [-0.2, -0.15) is 0 Å². The zero-order valence-corrected chi connectivity index (χ0v) is 9.85. The first kappa shape index (κ1) is 10.6. The normalized spacial score (nSPS) is 18.3. The van der Waals surface area contributed by atoms with E-state index in [1.807, 2.05) is 31.2 Å². The third-order valence-corrected chi connectivity index (χ3v) is 4.27. The van der Waals surface area contributed by atoms with E-state index in [0.717, 1.165) is 22.6 Å². The molecule has 0 unspecified atom stereocenters. The first-order chi connectivity index (χ1) is 7.27. The van der Waals surface area contributed by atoms with Crippen molar-refractivity contribution in [2.45, 2.75) is 37.5 Å². The van der Waals surface area contributed by atoms with E-state index in [-0.39, 0.29) is 0 Å². The first-order valence-corrected chi connectivity index (χ1v) is 6.60. The molecule has 0 N–H and O–H groups in total. The number of allylic oxidation sites excluding steroid dienone is 2. The van der Waals surface area contributed by atoms with E-state index in [9.17, 15) is 4.21 Å². The van der Waals surface area contributed by atoms with Crippen LogP contribution in [0.4, 0.5) is 0 Å². The highest BCUT2D eigenvalue weighted by Crippen LogP contribution is 2.24. The molecule has 15 heavy (non-hydrogen) atoms. The summed E-state index contributed by atoms with van der Waals surface area (Å²) >= 11 is 0. The second-order valence-electron chi connectivity index (χ2n) is 4.00. The number of rotatable bonds is 2. The van der Waals surface area contributed by atoms with Crippen molar-refractivity contribution in [3.8, 4) is 0 Å². The maximum atomic E-state index is 12.2. The highest BCUT2D eigenvalue weighted by atomic mass is 32.2. The molecule has 1 aliphatic rings. The molecule has 0 bridgehead atoms. The lowest BCUT2D eigenvalue weighted by Gasteiger charge is -2.12. The van der Waals surface area contributed by atoms with Gasteiger partial charge in [0.2, 0.25) is 0 Å². The topological polar surface area (TPSA) is 17.1 Å². The van der Waals surface area contributed by atoms with Crippen molar-refractivity contribution < 1.29 is 4.21 Å². The molecule has 1 nitrogen and oxygen atoms in total. The smallest absolute Gasteiger partial charge is 0.0805 e. The minimum atomic E-state index is -0.917. The molecule has 0 spiro atoms. The van der Waals surface area contributed by atoms with Gasteiger partial charge in [0.1, 0.15) is 0 Å². The van der Waals surface area contributed by atoms with Gasteiger partial charge in [0.05, 0.1) is 10.8 Å². The average molecular weight is 220 g/mol. The van der Waals surface area contributed by atoms with Crippen molar-refractivity contribution in [3.63, 3.8) is 0 Å². The van der Waals surface area contributed by atoms with E-state index in [1.54, 1.807) is 0 Å². The molecule has 1 aromatic carbocycles. The summed E-state index contributed by atoms with van der Waals surface area (Å²) in [7, 11) is -0.917. The zero-order valence-electron chi connectivity index (χ0n) is 9.03. The van der Waals surface area contributed by atoms with E-state index in [4.69, 9.17) is 0 Å². The van der Waals surface area contributed by atoms with Crippen LogP contribution in [-0.4, -0.2) is 4.21 Å². The average Bonchev–Trinajstić information content (AvgIpc) is 2.30. The fourth-order valence-corrected chi connectivity index (χ4v) is 3.08. The van der Waals surface area contributed by atoms with E-state index in [1.165, 1.54) is 18.4 Å². The van der Waals surface area contributed by atoms with Gasteiger partial charge in [-0.15, -0.1) is 0 Å². The van der Waals surface area contributed by atoms with Gasteiger partial charge in [0.25, 0.3) is 0 Å². The van der Waals surface area contributed by atoms with E-state index in [2.05, 4.69) is 6.08 Å². The largest absolute Gasteiger partial charge is 0.249 e. The molecule has 1 atom stereocenters. The van der Waals surface area contributed by atoms with Crippen LogP contribution in [-0.2, 0) is 10.8 Å². The molecule has 0 radical (unpaired) electrons. The van der Waals surface area contributed by atoms with Crippen LogP contribution >= 0.6 is 0 Å². The van der Waals surface area contributed by atoms with Crippen molar-refractivity contribution in [2.24, 2.45) is 0 Å². The summed E-state index contributed by atoms with van der Waals surface area (Å²) in [6.07, 6.45) is 6.67. The fourth-order valence-electron chi connectivity index (χ4n) is 1.79. The molecular formula is C13H16OS. The van der Waals surface area contributed by atoms with Crippen molar-refractivity contribution in [3.05, 3.63) is 40.8 Å². The summed E-state index contributed by atoms with van der Waals surface area (Å²) in [5.41, 5.74) is 1.22. The number of hydrogen-bond acceptors (Lipinski definition) is 1. The third-order valence-electron chi connectivity index (χ3n) is 2.72. The molecule has 0 saturated heterocycles. The van der Waals surface area contributed by atoms with Crippen LogP contribution in [0, 0.1) is 6.92 Å². The van der Waals surface area contributed by atoms with E-state index < -0.39 is 10.8 Å². The molecule has 0 aromatic heterocycles. The van der Waals surface area contributed by atoms with E-state index >= 15 is 0 Å². The van der Waals surface area contributed by atoms with E-state index in [0.29, 0.717) is 0 Å². The summed E-state index contributed by atoms with van der Waals surface area (Å²) in [5, 5.41) is 0. The highest BCUT2D eigenvalue weighted by Gasteiger charge is 2.12. The molecule has 0 fully saturated rings. The maximum absolute atomic E-state index is 12.2. The van der Waals surface area contributed by atoms with Crippen LogP contribution in [0.3, 0.4) is 0 Å². The Morgan fingerprint density at radius 1 is 1.13 bits per heavy atom. The van der Waals surface area contributed by atoms with Crippen LogP contribution in [0.15, 0.2) is 40.1 Å². The molecule has 80 valence electrons.